The number of nitrogens with one attached hydrogen (secondary N) is 1. The lowest BCUT2D eigenvalue weighted by atomic mass is 9.96. The predicted octanol–water partition coefficient (Wildman–Crippen LogP) is 2.90. The first-order valence-corrected chi connectivity index (χ1v) is 6.35. The molecule has 3 rings (SSSR count). The molecular formula is C14H19NO. The van der Waals surface area contributed by atoms with E-state index in [0.717, 1.165) is 11.8 Å². The van der Waals surface area contributed by atoms with Crippen molar-refractivity contribution < 1.29 is 4.84 Å². The van der Waals surface area contributed by atoms with Gasteiger partial charge in [-0.2, -0.15) is 5.48 Å². The van der Waals surface area contributed by atoms with Crippen molar-refractivity contribution >= 4 is 0 Å². The summed E-state index contributed by atoms with van der Waals surface area (Å²) in [6.07, 6.45) is 5.53. The van der Waals surface area contributed by atoms with E-state index in [1.165, 1.54) is 31.2 Å². The molecule has 3 atom stereocenters. The average Bonchev–Trinajstić information content (AvgIpc) is 3.10. The van der Waals surface area contributed by atoms with Gasteiger partial charge in [0.1, 0.15) is 0 Å². The minimum atomic E-state index is 0.613. The fourth-order valence-corrected chi connectivity index (χ4v) is 2.86. The number of rotatable bonds is 4. The molecule has 1 unspecified atom stereocenters. The Kier molecular flexibility index (Phi) is 2.94. The Morgan fingerprint density at radius 3 is 2.94 bits per heavy atom. The molecule has 0 bridgehead atoms. The molecular weight excluding hydrogens is 198 g/mol. The van der Waals surface area contributed by atoms with Crippen molar-refractivity contribution in [2.45, 2.75) is 38.3 Å². The highest BCUT2D eigenvalue weighted by Crippen LogP contribution is 2.49. The molecule has 0 saturated heterocycles. The van der Waals surface area contributed by atoms with Gasteiger partial charge in [-0.05, 0) is 30.2 Å². The number of fused-ring (bicyclic) bond motifs is 1. The van der Waals surface area contributed by atoms with E-state index in [4.69, 9.17) is 4.84 Å². The van der Waals surface area contributed by atoms with E-state index in [1.807, 2.05) is 6.07 Å². The highest BCUT2D eigenvalue weighted by molar-refractivity contribution is 5.13. The van der Waals surface area contributed by atoms with Gasteiger partial charge in [-0.15, -0.1) is 0 Å². The summed E-state index contributed by atoms with van der Waals surface area (Å²) in [6.45, 7) is 0.675. The van der Waals surface area contributed by atoms with Gasteiger partial charge in [0.15, 0.2) is 0 Å². The molecule has 1 aromatic rings. The van der Waals surface area contributed by atoms with Gasteiger partial charge in [0.25, 0.3) is 0 Å². The van der Waals surface area contributed by atoms with Gasteiger partial charge in [-0.3, -0.25) is 4.84 Å². The molecule has 16 heavy (non-hydrogen) atoms. The Morgan fingerprint density at radius 2 is 2.06 bits per heavy atom. The monoisotopic (exact) mass is 217 g/mol. The zero-order chi connectivity index (χ0) is 10.8. The van der Waals surface area contributed by atoms with Crippen molar-refractivity contribution in [3.8, 4) is 0 Å². The minimum Gasteiger partial charge on any atom is -0.297 e. The second kappa shape index (κ2) is 4.56. The Balaban J connectivity index is 1.43. The number of benzene rings is 1. The molecule has 1 N–H and O–H groups in total. The van der Waals surface area contributed by atoms with E-state index in [-0.39, 0.29) is 0 Å². The molecule has 2 aliphatic carbocycles. The summed E-state index contributed by atoms with van der Waals surface area (Å²) < 4.78 is 0. The third-order valence-electron chi connectivity index (χ3n) is 3.90. The van der Waals surface area contributed by atoms with Gasteiger partial charge in [-0.25, -0.2) is 0 Å². The first kappa shape index (κ1) is 10.3. The molecule has 0 aliphatic heterocycles. The Hall–Kier alpha value is -0.860. The topological polar surface area (TPSA) is 21.3 Å². The maximum absolute atomic E-state index is 5.61. The van der Waals surface area contributed by atoms with Crippen LogP contribution in [0.2, 0.25) is 0 Å². The van der Waals surface area contributed by atoms with Crippen molar-refractivity contribution in [1.29, 1.82) is 0 Å². The van der Waals surface area contributed by atoms with Gasteiger partial charge in [0.05, 0.1) is 6.61 Å². The molecule has 86 valence electrons. The van der Waals surface area contributed by atoms with Crippen molar-refractivity contribution in [2.24, 2.45) is 11.8 Å². The van der Waals surface area contributed by atoms with E-state index in [0.29, 0.717) is 12.6 Å². The fraction of sp³-hybridized carbons (Fsp3) is 0.571. The number of hydrogen-bond donors (Lipinski definition) is 1. The van der Waals surface area contributed by atoms with Crippen LogP contribution >= 0.6 is 0 Å². The standard InChI is InChI=1S/C14H19NO/c1-2-5-11(6-3-1)10-16-15-14-8-4-7-12-9-13(12)14/h1-3,5-6,12-15H,4,7-10H2/t12-,13+,14?/m1/s1. The molecule has 2 heteroatoms. The largest absolute Gasteiger partial charge is 0.297 e. The lowest BCUT2D eigenvalue weighted by Crippen LogP contribution is -2.33. The van der Waals surface area contributed by atoms with Crippen LogP contribution in [-0.2, 0) is 11.4 Å². The summed E-state index contributed by atoms with van der Waals surface area (Å²) in [7, 11) is 0. The molecule has 2 aliphatic rings. The zero-order valence-electron chi connectivity index (χ0n) is 9.56. The molecule has 0 amide bonds. The first-order valence-electron chi connectivity index (χ1n) is 6.35. The Bertz CT molecular complexity index is 338. The van der Waals surface area contributed by atoms with E-state index < -0.39 is 0 Å². The molecule has 2 saturated carbocycles. The van der Waals surface area contributed by atoms with Crippen LogP contribution in [0.3, 0.4) is 0 Å². The van der Waals surface area contributed by atoms with Crippen molar-refractivity contribution in [3.63, 3.8) is 0 Å². The van der Waals surface area contributed by atoms with Gasteiger partial charge >= 0.3 is 0 Å². The third kappa shape index (κ3) is 2.28. The van der Waals surface area contributed by atoms with Crippen molar-refractivity contribution in [3.05, 3.63) is 35.9 Å². The van der Waals surface area contributed by atoms with Gasteiger partial charge in [0, 0.05) is 6.04 Å². The highest BCUT2D eigenvalue weighted by atomic mass is 16.6. The van der Waals surface area contributed by atoms with Crippen LogP contribution in [0.25, 0.3) is 0 Å². The molecule has 0 radical (unpaired) electrons. The van der Waals surface area contributed by atoms with Crippen LogP contribution in [0.4, 0.5) is 0 Å². The van der Waals surface area contributed by atoms with Crippen LogP contribution in [0.5, 0.6) is 0 Å². The first-order chi connectivity index (χ1) is 7.93. The van der Waals surface area contributed by atoms with Crippen LogP contribution < -0.4 is 5.48 Å². The summed E-state index contributed by atoms with van der Waals surface area (Å²) in [6, 6.07) is 11.0. The fourth-order valence-electron chi connectivity index (χ4n) is 2.86. The summed E-state index contributed by atoms with van der Waals surface area (Å²) in [5.74, 6) is 1.91. The third-order valence-corrected chi connectivity index (χ3v) is 3.90. The number of hydrogen-bond acceptors (Lipinski definition) is 2. The average molecular weight is 217 g/mol. The summed E-state index contributed by atoms with van der Waals surface area (Å²) in [5, 5.41) is 0. The van der Waals surface area contributed by atoms with Crippen molar-refractivity contribution in [2.75, 3.05) is 0 Å². The van der Waals surface area contributed by atoms with Crippen LogP contribution in [-0.4, -0.2) is 6.04 Å². The lowest BCUT2D eigenvalue weighted by Gasteiger charge is -2.22. The van der Waals surface area contributed by atoms with Crippen LogP contribution in [0.15, 0.2) is 30.3 Å². The molecule has 2 nitrogen and oxygen atoms in total. The quantitative estimate of drug-likeness (QED) is 0.783. The zero-order valence-corrected chi connectivity index (χ0v) is 9.56. The van der Waals surface area contributed by atoms with E-state index in [9.17, 15) is 0 Å². The molecule has 1 aromatic carbocycles. The highest BCUT2D eigenvalue weighted by Gasteiger charge is 2.45. The second-order valence-electron chi connectivity index (χ2n) is 5.09. The Labute approximate surface area is 97.0 Å². The van der Waals surface area contributed by atoms with Crippen molar-refractivity contribution in [1.82, 2.24) is 5.48 Å². The van der Waals surface area contributed by atoms with E-state index >= 15 is 0 Å². The van der Waals surface area contributed by atoms with E-state index in [2.05, 4.69) is 29.7 Å². The number of hydroxylamine groups is 1. The molecule has 0 spiro atoms. The molecule has 0 aromatic heterocycles. The van der Waals surface area contributed by atoms with Gasteiger partial charge in [-0.1, -0.05) is 43.2 Å². The minimum absolute atomic E-state index is 0.613. The maximum Gasteiger partial charge on any atom is 0.0933 e. The van der Waals surface area contributed by atoms with Gasteiger partial charge in [0.2, 0.25) is 0 Å². The predicted molar refractivity (Wildman–Crippen MR) is 63.6 cm³/mol. The van der Waals surface area contributed by atoms with Gasteiger partial charge < -0.3 is 0 Å². The normalized spacial score (nSPS) is 32.1. The summed E-state index contributed by atoms with van der Waals surface area (Å²) in [5.41, 5.74) is 4.50. The van der Waals surface area contributed by atoms with E-state index in [1.54, 1.807) is 0 Å². The summed E-state index contributed by atoms with van der Waals surface area (Å²) in [4.78, 5) is 5.61. The van der Waals surface area contributed by atoms with Crippen LogP contribution in [0, 0.1) is 11.8 Å². The smallest absolute Gasteiger partial charge is 0.0933 e. The Morgan fingerprint density at radius 1 is 1.19 bits per heavy atom. The maximum atomic E-state index is 5.61. The van der Waals surface area contributed by atoms with Crippen LogP contribution in [0.1, 0.15) is 31.2 Å². The lowest BCUT2D eigenvalue weighted by molar-refractivity contribution is -0.00846. The molecule has 0 heterocycles. The second-order valence-corrected chi connectivity index (χ2v) is 5.09. The molecule has 2 fully saturated rings. The SMILES string of the molecule is c1ccc(CONC2CCC[C@@H]3C[C@H]23)cc1. The summed E-state index contributed by atoms with van der Waals surface area (Å²) >= 11 is 0.